The number of nitrogens with zero attached hydrogens (tertiary/aromatic N) is 1. The Labute approximate surface area is 161 Å². The number of nitrogens with two attached hydrogens (primary N) is 1. The molecule has 7 nitrogen and oxygen atoms in total. The molecule has 0 unspecified atom stereocenters. The van der Waals surface area contributed by atoms with Gasteiger partial charge < -0.3 is 21.0 Å². The summed E-state index contributed by atoms with van der Waals surface area (Å²) in [5, 5.41) is 9.11. The quantitative estimate of drug-likeness (QED) is 0.272. The molecular weight excluding hydrogens is 352 g/mol. The molecule has 2 aromatic carbocycles. The molecule has 4 aromatic rings. The summed E-state index contributed by atoms with van der Waals surface area (Å²) >= 11 is 0. The minimum atomic E-state index is -0.199. The largest absolute Gasteiger partial charge is 0.385 e. The lowest BCUT2D eigenvalue weighted by molar-refractivity contribution is 0.102. The molecule has 0 radical (unpaired) electrons. The van der Waals surface area contributed by atoms with Gasteiger partial charge in [-0.05, 0) is 54.3 Å². The number of aromatic nitrogens is 2. The van der Waals surface area contributed by atoms with E-state index in [1.54, 1.807) is 0 Å². The second-order valence-electron chi connectivity index (χ2n) is 6.55. The van der Waals surface area contributed by atoms with Crippen LogP contribution in [-0.4, -0.2) is 21.6 Å². The molecule has 4 rings (SSSR count). The summed E-state index contributed by atoms with van der Waals surface area (Å²) in [5.41, 5.74) is 12.9. The zero-order valence-electron chi connectivity index (χ0n) is 15.3. The molecule has 0 aliphatic heterocycles. The molecular formula is C21H20N6O. The number of carbonyl (C=O) groups is 1. The van der Waals surface area contributed by atoms with E-state index in [9.17, 15) is 4.79 Å². The molecule has 7 heteroatoms. The second-order valence-corrected chi connectivity index (χ2v) is 6.55. The van der Waals surface area contributed by atoms with Crippen LogP contribution in [0.2, 0.25) is 0 Å². The average Bonchev–Trinajstić information content (AvgIpc) is 3.31. The first-order chi connectivity index (χ1) is 13.5. The average molecular weight is 372 g/mol. The number of amides is 1. The molecule has 140 valence electrons. The molecule has 28 heavy (non-hydrogen) atoms. The molecule has 0 saturated carbocycles. The van der Waals surface area contributed by atoms with E-state index in [4.69, 9.17) is 5.73 Å². The van der Waals surface area contributed by atoms with Crippen molar-refractivity contribution in [2.75, 3.05) is 5.32 Å². The van der Waals surface area contributed by atoms with Crippen LogP contribution in [0.4, 0.5) is 5.69 Å². The zero-order chi connectivity index (χ0) is 19.7. The summed E-state index contributed by atoms with van der Waals surface area (Å²) in [7, 11) is 0. The van der Waals surface area contributed by atoms with Crippen molar-refractivity contribution >= 4 is 39.1 Å². The maximum absolute atomic E-state index is 12.6. The molecule has 6 N–H and O–H groups in total. The first kappa shape index (κ1) is 17.4. The minimum absolute atomic E-state index is 0.199. The molecule has 0 aliphatic rings. The topological polar surface area (TPSA) is 111 Å². The van der Waals surface area contributed by atoms with E-state index >= 15 is 0 Å². The van der Waals surface area contributed by atoms with Gasteiger partial charge in [0.15, 0.2) is 0 Å². The van der Waals surface area contributed by atoms with Crippen LogP contribution >= 0.6 is 0 Å². The molecule has 0 atom stereocenters. The molecule has 2 aromatic heterocycles. The molecule has 1 amide bonds. The van der Waals surface area contributed by atoms with Crippen molar-refractivity contribution in [3.05, 3.63) is 78.4 Å². The molecule has 0 bridgehead atoms. The van der Waals surface area contributed by atoms with Crippen LogP contribution in [0.1, 0.15) is 23.0 Å². The summed E-state index contributed by atoms with van der Waals surface area (Å²) in [4.78, 5) is 18.9. The number of H-pyrrole nitrogens is 2. The first-order valence-electron chi connectivity index (χ1n) is 8.76. The lowest BCUT2D eigenvalue weighted by Crippen LogP contribution is -2.14. The first-order valence-corrected chi connectivity index (χ1v) is 8.76. The molecule has 0 aliphatic carbocycles. The zero-order valence-corrected chi connectivity index (χ0v) is 15.3. The van der Waals surface area contributed by atoms with Gasteiger partial charge in [0.1, 0.15) is 11.5 Å². The van der Waals surface area contributed by atoms with Crippen molar-refractivity contribution in [3.8, 4) is 0 Å². The minimum Gasteiger partial charge on any atom is -0.385 e. The van der Waals surface area contributed by atoms with Gasteiger partial charge in [-0.3, -0.25) is 10.2 Å². The number of benzene rings is 2. The fourth-order valence-electron chi connectivity index (χ4n) is 3.02. The van der Waals surface area contributed by atoms with E-state index in [0.29, 0.717) is 5.69 Å². The van der Waals surface area contributed by atoms with Gasteiger partial charge >= 0.3 is 0 Å². The highest BCUT2D eigenvalue weighted by atomic mass is 16.1. The third kappa shape index (κ3) is 3.45. The summed E-state index contributed by atoms with van der Waals surface area (Å²) < 4.78 is 0. The second kappa shape index (κ2) is 6.96. The molecule has 0 fully saturated rings. The lowest BCUT2D eigenvalue weighted by Gasteiger charge is -2.03. The van der Waals surface area contributed by atoms with Crippen LogP contribution in [0.15, 0.2) is 72.2 Å². The van der Waals surface area contributed by atoms with Gasteiger partial charge in [0.05, 0.1) is 5.71 Å². The van der Waals surface area contributed by atoms with Crippen molar-refractivity contribution in [2.24, 2.45) is 10.8 Å². The highest BCUT2D eigenvalue weighted by Gasteiger charge is 2.11. The SMILES string of the molecule is C=C(N)N/N=C(\C)c1ccc2[nH]c(C(=O)Nc3ccc4cc[nH]c4c3)cc2c1. The van der Waals surface area contributed by atoms with Gasteiger partial charge in [-0.1, -0.05) is 18.7 Å². The van der Waals surface area contributed by atoms with E-state index in [1.165, 1.54) is 0 Å². The third-order valence-corrected chi connectivity index (χ3v) is 4.46. The van der Waals surface area contributed by atoms with Gasteiger partial charge in [-0.25, -0.2) is 0 Å². The van der Waals surface area contributed by atoms with Crippen LogP contribution in [0.25, 0.3) is 21.8 Å². The van der Waals surface area contributed by atoms with Crippen LogP contribution in [0.3, 0.4) is 0 Å². The predicted octanol–water partition coefficient (Wildman–Crippen LogP) is 3.65. The Balaban J connectivity index is 1.57. The van der Waals surface area contributed by atoms with E-state index in [0.717, 1.165) is 38.8 Å². The number of hydrogen-bond acceptors (Lipinski definition) is 4. The molecule has 0 spiro atoms. The number of hydrazone groups is 1. The number of fused-ring (bicyclic) bond motifs is 2. The molecule has 2 heterocycles. The Morgan fingerprint density at radius 3 is 2.75 bits per heavy atom. The Bertz CT molecular complexity index is 1230. The lowest BCUT2D eigenvalue weighted by atomic mass is 10.1. The van der Waals surface area contributed by atoms with Gasteiger partial charge in [0.25, 0.3) is 5.91 Å². The Hall–Kier alpha value is -4.00. The Kier molecular flexibility index (Phi) is 4.33. The van der Waals surface area contributed by atoms with Gasteiger partial charge in [0, 0.05) is 28.3 Å². The van der Waals surface area contributed by atoms with E-state index in [1.807, 2.05) is 61.7 Å². The Morgan fingerprint density at radius 2 is 1.93 bits per heavy atom. The van der Waals surface area contributed by atoms with Crippen molar-refractivity contribution < 1.29 is 4.79 Å². The van der Waals surface area contributed by atoms with Crippen molar-refractivity contribution in [1.82, 2.24) is 15.4 Å². The summed E-state index contributed by atoms with van der Waals surface area (Å²) in [6, 6.07) is 15.4. The third-order valence-electron chi connectivity index (χ3n) is 4.46. The summed E-state index contributed by atoms with van der Waals surface area (Å²) in [6.07, 6.45) is 1.87. The van der Waals surface area contributed by atoms with E-state index < -0.39 is 0 Å². The fourth-order valence-corrected chi connectivity index (χ4v) is 3.02. The number of carbonyl (C=O) groups excluding carboxylic acids is 1. The van der Waals surface area contributed by atoms with Crippen LogP contribution in [-0.2, 0) is 0 Å². The van der Waals surface area contributed by atoms with Crippen molar-refractivity contribution in [2.45, 2.75) is 6.92 Å². The highest BCUT2D eigenvalue weighted by molar-refractivity contribution is 6.08. The van der Waals surface area contributed by atoms with Crippen molar-refractivity contribution in [3.63, 3.8) is 0 Å². The normalized spacial score (nSPS) is 11.7. The Morgan fingerprint density at radius 1 is 1.07 bits per heavy atom. The highest BCUT2D eigenvalue weighted by Crippen LogP contribution is 2.21. The smallest absolute Gasteiger partial charge is 0.272 e. The number of aromatic amines is 2. The summed E-state index contributed by atoms with van der Waals surface area (Å²) in [6.45, 7) is 5.42. The fraction of sp³-hybridized carbons (Fsp3) is 0.0476. The van der Waals surface area contributed by atoms with E-state index in [-0.39, 0.29) is 11.7 Å². The van der Waals surface area contributed by atoms with Gasteiger partial charge in [0.2, 0.25) is 0 Å². The maximum atomic E-state index is 12.6. The van der Waals surface area contributed by atoms with Crippen LogP contribution < -0.4 is 16.5 Å². The van der Waals surface area contributed by atoms with Crippen LogP contribution in [0, 0.1) is 0 Å². The maximum Gasteiger partial charge on any atom is 0.272 e. The van der Waals surface area contributed by atoms with Crippen molar-refractivity contribution in [1.29, 1.82) is 0 Å². The standard InChI is InChI=1S/C21H20N6O/c1-12(26-27-13(2)22)15-4-6-18-16(9-15)10-20(25-18)21(28)24-17-5-3-14-7-8-23-19(14)11-17/h3-11,23,25,27H,2,22H2,1H3,(H,24,28)/b26-12+. The number of rotatable bonds is 5. The predicted molar refractivity (Wildman–Crippen MR) is 113 cm³/mol. The monoisotopic (exact) mass is 372 g/mol. The number of nitrogens with one attached hydrogen (secondary N) is 4. The number of hydrogen-bond donors (Lipinski definition) is 5. The summed E-state index contributed by atoms with van der Waals surface area (Å²) in [5.74, 6) is 0.0775. The van der Waals surface area contributed by atoms with E-state index in [2.05, 4.69) is 32.4 Å². The van der Waals surface area contributed by atoms with Crippen LogP contribution in [0.5, 0.6) is 0 Å². The number of anilines is 1. The van der Waals surface area contributed by atoms with Gasteiger partial charge in [-0.15, -0.1) is 0 Å². The molecule has 0 saturated heterocycles. The van der Waals surface area contributed by atoms with Gasteiger partial charge in [-0.2, -0.15) is 5.10 Å².